The highest BCUT2D eigenvalue weighted by atomic mass is 35.5. The Morgan fingerprint density at radius 2 is 2.04 bits per heavy atom. The van der Waals surface area contributed by atoms with Gasteiger partial charge >= 0.3 is 5.69 Å². The maximum Gasteiger partial charge on any atom is 0.332 e. The molecule has 6 nitrogen and oxygen atoms in total. The molecule has 0 spiro atoms. The third kappa shape index (κ3) is 3.73. The summed E-state index contributed by atoms with van der Waals surface area (Å²) in [6.45, 7) is 2.16. The average Bonchev–Trinajstić information content (AvgIpc) is 3.08. The number of carbonyl (C=O) groups is 1. The van der Waals surface area contributed by atoms with E-state index in [-0.39, 0.29) is 18.0 Å². The van der Waals surface area contributed by atoms with E-state index in [0.29, 0.717) is 27.5 Å². The van der Waals surface area contributed by atoms with Crippen LogP contribution in [-0.2, 0) is 17.9 Å². The zero-order chi connectivity index (χ0) is 18.7. The molecular formula is C18H18ClN3O3S. The Balaban J connectivity index is 1.96. The zero-order valence-electron chi connectivity index (χ0n) is 14.2. The van der Waals surface area contributed by atoms with E-state index in [2.05, 4.69) is 5.32 Å². The fourth-order valence-electron chi connectivity index (χ4n) is 2.71. The van der Waals surface area contributed by atoms with Crippen molar-refractivity contribution in [2.75, 3.05) is 5.32 Å². The number of thiophene rings is 1. The third-order valence-corrected chi connectivity index (χ3v) is 5.11. The van der Waals surface area contributed by atoms with Crippen molar-refractivity contribution < 1.29 is 4.79 Å². The van der Waals surface area contributed by atoms with Crippen molar-refractivity contribution in [3.63, 3.8) is 0 Å². The molecule has 1 N–H and O–H groups in total. The molecule has 2 heterocycles. The smallest absolute Gasteiger partial charge is 0.324 e. The van der Waals surface area contributed by atoms with E-state index in [0.717, 1.165) is 12.8 Å². The fourth-order valence-corrected chi connectivity index (χ4v) is 3.74. The van der Waals surface area contributed by atoms with Gasteiger partial charge in [0.1, 0.15) is 11.2 Å². The van der Waals surface area contributed by atoms with Gasteiger partial charge in [-0.25, -0.2) is 4.79 Å². The first-order valence-corrected chi connectivity index (χ1v) is 9.53. The van der Waals surface area contributed by atoms with Crippen LogP contribution in [0.3, 0.4) is 0 Å². The maximum absolute atomic E-state index is 12.8. The molecule has 136 valence electrons. The fraction of sp³-hybridized carbons (Fsp3) is 0.278. The van der Waals surface area contributed by atoms with E-state index < -0.39 is 5.69 Å². The largest absolute Gasteiger partial charge is 0.332 e. The molecule has 1 amide bonds. The summed E-state index contributed by atoms with van der Waals surface area (Å²) in [6.07, 6.45) is 1.59. The number of benzene rings is 1. The molecule has 0 atom stereocenters. The van der Waals surface area contributed by atoms with Gasteiger partial charge in [0.05, 0.1) is 5.52 Å². The number of amides is 1. The van der Waals surface area contributed by atoms with Crippen molar-refractivity contribution in [1.29, 1.82) is 0 Å². The van der Waals surface area contributed by atoms with Gasteiger partial charge in [0, 0.05) is 17.3 Å². The Kier molecular flexibility index (Phi) is 5.58. The van der Waals surface area contributed by atoms with Gasteiger partial charge < -0.3 is 5.32 Å². The second kappa shape index (κ2) is 7.88. The first-order valence-electron chi connectivity index (χ1n) is 8.27. The normalized spacial score (nSPS) is 11.0. The highest BCUT2D eigenvalue weighted by molar-refractivity contribution is 7.17. The number of fused-ring (bicyclic) bond motifs is 1. The molecule has 8 heteroatoms. The summed E-state index contributed by atoms with van der Waals surface area (Å²) < 4.78 is 3.05. The van der Waals surface area contributed by atoms with Crippen LogP contribution in [0.5, 0.6) is 0 Å². The second-order valence-corrected chi connectivity index (χ2v) is 7.23. The van der Waals surface area contributed by atoms with Crippen LogP contribution in [0.2, 0.25) is 5.02 Å². The lowest BCUT2D eigenvalue weighted by Gasteiger charge is -2.12. The van der Waals surface area contributed by atoms with Gasteiger partial charge in [-0.1, -0.05) is 31.0 Å². The van der Waals surface area contributed by atoms with E-state index in [1.807, 2.05) is 6.92 Å². The van der Waals surface area contributed by atoms with Gasteiger partial charge in [-0.2, -0.15) is 0 Å². The van der Waals surface area contributed by atoms with Gasteiger partial charge in [-0.15, -0.1) is 11.3 Å². The number of hydrogen-bond donors (Lipinski definition) is 1. The molecule has 0 aliphatic heterocycles. The Labute approximate surface area is 158 Å². The molecule has 0 aliphatic rings. The first-order chi connectivity index (χ1) is 12.5. The molecule has 0 unspecified atom stereocenters. The SMILES string of the molecule is CCCCn1c(=O)c2sccc2n(CC(=O)Nc2cccc(Cl)c2)c1=O. The van der Waals surface area contributed by atoms with Crippen LogP contribution in [0.1, 0.15) is 19.8 Å². The van der Waals surface area contributed by atoms with Crippen LogP contribution in [0.25, 0.3) is 10.2 Å². The zero-order valence-corrected chi connectivity index (χ0v) is 15.8. The van der Waals surface area contributed by atoms with Crippen molar-refractivity contribution in [2.45, 2.75) is 32.9 Å². The second-order valence-electron chi connectivity index (χ2n) is 5.87. The predicted octanol–water partition coefficient (Wildman–Crippen LogP) is 3.32. The van der Waals surface area contributed by atoms with Gasteiger partial charge in [0.15, 0.2) is 0 Å². The maximum atomic E-state index is 12.8. The van der Waals surface area contributed by atoms with E-state index >= 15 is 0 Å². The van der Waals surface area contributed by atoms with Crippen LogP contribution >= 0.6 is 22.9 Å². The van der Waals surface area contributed by atoms with Crippen LogP contribution in [0.15, 0.2) is 45.3 Å². The van der Waals surface area contributed by atoms with Crippen molar-refractivity contribution in [1.82, 2.24) is 9.13 Å². The van der Waals surface area contributed by atoms with E-state index in [1.54, 1.807) is 35.7 Å². The number of carbonyl (C=O) groups excluding carboxylic acids is 1. The number of hydrogen-bond acceptors (Lipinski definition) is 4. The predicted molar refractivity (Wildman–Crippen MR) is 105 cm³/mol. The molecule has 0 radical (unpaired) electrons. The average molecular weight is 392 g/mol. The van der Waals surface area contributed by atoms with Gasteiger partial charge in [0.2, 0.25) is 5.91 Å². The molecule has 0 saturated heterocycles. The molecule has 3 aromatic rings. The standard InChI is InChI=1S/C18H18ClN3O3S/c1-2-3-8-21-17(24)16-14(7-9-26-16)22(18(21)25)11-15(23)20-13-6-4-5-12(19)10-13/h4-7,9-10H,2-3,8,11H2,1H3,(H,20,23). The summed E-state index contributed by atoms with van der Waals surface area (Å²) >= 11 is 7.20. The molecule has 0 saturated carbocycles. The molecule has 0 fully saturated rings. The molecule has 2 aromatic heterocycles. The summed E-state index contributed by atoms with van der Waals surface area (Å²) in [5.41, 5.74) is 0.283. The van der Waals surface area contributed by atoms with Crippen molar-refractivity contribution in [3.05, 3.63) is 61.6 Å². The van der Waals surface area contributed by atoms with E-state index in [9.17, 15) is 14.4 Å². The van der Waals surface area contributed by atoms with E-state index in [4.69, 9.17) is 11.6 Å². The molecule has 1 aromatic carbocycles. The lowest BCUT2D eigenvalue weighted by molar-refractivity contribution is -0.116. The molecule has 0 bridgehead atoms. The number of rotatable bonds is 6. The Bertz CT molecular complexity index is 1070. The quantitative estimate of drug-likeness (QED) is 0.700. The highest BCUT2D eigenvalue weighted by Gasteiger charge is 2.16. The topological polar surface area (TPSA) is 73.1 Å². The molecular weight excluding hydrogens is 374 g/mol. The van der Waals surface area contributed by atoms with Crippen molar-refractivity contribution in [2.24, 2.45) is 0 Å². The molecule has 3 rings (SSSR count). The molecule has 26 heavy (non-hydrogen) atoms. The monoisotopic (exact) mass is 391 g/mol. The first kappa shape index (κ1) is 18.4. The van der Waals surface area contributed by atoms with Gasteiger partial charge in [0.25, 0.3) is 5.56 Å². The molecule has 0 aliphatic carbocycles. The highest BCUT2D eigenvalue weighted by Crippen LogP contribution is 2.17. The number of unbranched alkanes of at least 4 members (excludes halogenated alkanes) is 1. The summed E-state index contributed by atoms with van der Waals surface area (Å²) in [6, 6.07) is 8.48. The van der Waals surface area contributed by atoms with Crippen LogP contribution in [0.4, 0.5) is 5.69 Å². The Morgan fingerprint density at radius 1 is 1.23 bits per heavy atom. The number of aromatic nitrogens is 2. The van der Waals surface area contributed by atoms with Crippen molar-refractivity contribution >= 4 is 44.7 Å². The Hall–Kier alpha value is -2.38. The van der Waals surface area contributed by atoms with Gasteiger partial charge in [-0.05, 0) is 36.1 Å². The summed E-state index contributed by atoms with van der Waals surface area (Å²) in [5, 5.41) is 4.98. The summed E-state index contributed by atoms with van der Waals surface area (Å²) in [7, 11) is 0. The third-order valence-electron chi connectivity index (χ3n) is 3.98. The lowest BCUT2D eigenvalue weighted by Crippen LogP contribution is -2.41. The minimum Gasteiger partial charge on any atom is -0.324 e. The summed E-state index contributed by atoms with van der Waals surface area (Å²) in [4.78, 5) is 37.7. The Morgan fingerprint density at radius 3 is 2.77 bits per heavy atom. The number of halogens is 1. The van der Waals surface area contributed by atoms with E-state index in [1.165, 1.54) is 20.5 Å². The van der Waals surface area contributed by atoms with Crippen LogP contribution in [0, 0.1) is 0 Å². The van der Waals surface area contributed by atoms with Gasteiger partial charge in [-0.3, -0.25) is 18.7 Å². The summed E-state index contributed by atoms with van der Waals surface area (Å²) in [5.74, 6) is -0.359. The van der Waals surface area contributed by atoms with Crippen LogP contribution in [-0.4, -0.2) is 15.0 Å². The minimum atomic E-state index is -0.462. The number of nitrogens with one attached hydrogen (secondary N) is 1. The van der Waals surface area contributed by atoms with Crippen LogP contribution < -0.4 is 16.6 Å². The minimum absolute atomic E-state index is 0.176. The van der Waals surface area contributed by atoms with Crippen molar-refractivity contribution in [3.8, 4) is 0 Å². The number of nitrogens with zero attached hydrogens (tertiary/aromatic N) is 2. The lowest BCUT2D eigenvalue weighted by atomic mass is 10.3. The number of anilines is 1.